The highest BCUT2D eigenvalue weighted by Crippen LogP contribution is 2.14. The zero-order valence-corrected chi connectivity index (χ0v) is 43.6. The molecule has 0 aliphatic heterocycles. The predicted octanol–water partition coefficient (Wildman–Crippen LogP) is 18.5. The maximum Gasteiger partial charge on any atom is 0.306 e. The Balaban J connectivity index is 4.50. The molecule has 0 aliphatic rings. The second-order valence-corrected chi connectivity index (χ2v) is 18.1. The predicted molar refractivity (Wildman–Crippen MR) is 288 cm³/mol. The highest BCUT2D eigenvalue weighted by Gasteiger charge is 2.19. The van der Waals surface area contributed by atoms with Gasteiger partial charge in [-0.25, -0.2) is 0 Å². The number of unbranched alkanes of at least 4 members (excludes halogenated alkanes) is 22. The first-order chi connectivity index (χ1) is 33.0. The van der Waals surface area contributed by atoms with Gasteiger partial charge in [0.1, 0.15) is 13.2 Å². The number of allylic oxidation sites excluding steroid dienone is 16. The first-order valence-electron chi connectivity index (χ1n) is 27.7. The third-order valence-electron chi connectivity index (χ3n) is 11.5. The van der Waals surface area contributed by atoms with E-state index in [1.54, 1.807) is 0 Å². The van der Waals surface area contributed by atoms with Crippen molar-refractivity contribution < 1.29 is 28.6 Å². The number of ether oxygens (including phenoxy) is 3. The molecule has 0 N–H and O–H groups in total. The van der Waals surface area contributed by atoms with Crippen LogP contribution in [-0.2, 0) is 28.6 Å². The van der Waals surface area contributed by atoms with E-state index in [0.29, 0.717) is 19.3 Å². The molecule has 0 aliphatic carbocycles. The van der Waals surface area contributed by atoms with E-state index >= 15 is 0 Å². The number of rotatable bonds is 49. The van der Waals surface area contributed by atoms with Gasteiger partial charge in [0.15, 0.2) is 6.10 Å². The summed E-state index contributed by atoms with van der Waals surface area (Å²) >= 11 is 0. The second kappa shape index (κ2) is 54.9. The van der Waals surface area contributed by atoms with Crippen LogP contribution < -0.4 is 0 Å². The van der Waals surface area contributed by atoms with Crippen LogP contribution in [0.25, 0.3) is 0 Å². The topological polar surface area (TPSA) is 78.9 Å². The number of esters is 3. The molecule has 0 aromatic carbocycles. The Morgan fingerprint density at radius 1 is 0.313 bits per heavy atom. The maximum atomic E-state index is 12.8. The number of hydrogen-bond donors (Lipinski definition) is 0. The van der Waals surface area contributed by atoms with Gasteiger partial charge in [-0.3, -0.25) is 14.4 Å². The highest BCUT2D eigenvalue weighted by molar-refractivity contribution is 5.71. The van der Waals surface area contributed by atoms with Gasteiger partial charge in [0.25, 0.3) is 0 Å². The summed E-state index contributed by atoms with van der Waals surface area (Å²) in [6, 6.07) is 0. The summed E-state index contributed by atoms with van der Waals surface area (Å²) in [5.41, 5.74) is 0. The smallest absolute Gasteiger partial charge is 0.306 e. The molecule has 6 heteroatoms. The Bertz CT molecular complexity index is 1350. The van der Waals surface area contributed by atoms with Gasteiger partial charge in [0.05, 0.1) is 0 Å². The van der Waals surface area contributed by atoms with Gasteiger partial charge in [-0.05, 0) is 116 Å². The van der Waals surface area contributed by atoms with E-state index in [9.17, 15) is 14.4 Å². The van der Waals surface area contributed by atoms with Crippen LogP contribution in [-0.4, -0.2) is 37.2 Å². The molecule has 67 heavy (non-hydrogen) atoms. The number of carbonyl (C=O) groups is 3. The zero-order chi connectivity index (χ0) is 48.6. The molecule has 0 fully saturated rings. The third kappa shape index (κ3) is 53.2. The van der Waals surface area contributed by atoms with Gasteiger partial charge in [0, 0.05) is 19.3 Å². The van der Waals surface area contributed by atoms with Crippen molar-refractivity contribution in [3.63, 3.8) is 0 Å². The molecule has 0 amide bonds. The van der Waals surface area contributed by atoms with E-state index in [1.165, 1.54) is 103 Å². The molecular formula is C61H102O6. The minimum absolute atomic E-state index is 0.104. The SMILES string of the molecule is CC/C=C\C/C=C\C/C=C\C/C=C\C/C=C\CCCC(=O)OC[C@H](COC(=O)CCCCCCCCC/C=C\CCCCCCCC)OC(=O)CCCCCCC/C=C\C/C=C\CCCCC. The molecule has 0 saturated heterocycles. The summed E-state index contributed by atoms with van der Waals surface area (Å²) < 4.78 is 16.8. The molecule has 6 nitrogen and oxygen atoms in total. The van der Waals surface area contributed by atoms with Crippen LogP contribution in [0.2, 0.25) is 0 Å². The largest absolute Gasteiger partial charge is 0.462 e. The molecule has 0 unspecified atom stereocenters. The van der Waals surface area contributed by atoms with E-state index in [0.717, 1.165) is 103 Å². The van der Waals surface area contributed by atoms with Gasteiger partial charge in [-0.2, -0.15) is 0 Å². The quantitative estimate of drug-likeness (QED) is 0.0262. The molecule has 0 spiro atoms. The Morgan fingerprint density at radius 3 is 1.01 bits per heavy atom. The fourth-order valence-corrected chi connectivity index (χ4v) is 7.38. The van der Waals surface area contributed by atoms with Gasteiger partial charge in [-0.15, -0.1) is 0 Å². The summed E-state index contributed by atoms with van der Waals surface area (Å²) in [4.78, 5) is 38.1. The summed E-state index contributed by atoms with van der Waals surface area (Å²) in [6.45, 7) is 6.43. The summed E-state index contributed by atoms with van der Waals surface area (Å²) in [5, 5.41) is 0. The minimum Gasteiger partial charge on any atom is -0.462 e. The first kappa shape index (κ1) is 63.3. The fraction of sp³-hybridized carbons (Fsp3) is 0.689. The van der Waals surface area contributed by atoms with Crippen molar-refractivity contribution >= 4 is 17.9 Å². The molecule has 0 aromatic heterocycles. The number of hydrogen-bond acceptors (Lipinski definition) is 6. The van der Waals surface area contributed by atoms with E-state index in [2.05, 4.69) is 118 Å². The molecule has 0 bridgehead atoms. The Hall–Kier alpha value is -3.67. The molecule has 0 radical (unpaired) electrons. The van der Waals surface area contributed by atoms with Crippen LogP contribution in [0.5, 0.6) is 0 Å². The van der Waals surface area contributed by atoms with Crippen molar-refractivity contribution in [3.8, 4) is 0 Å². The maximum absolute atomic E-state index is 12.8. The van der Waals surface area contributed by atoms with Crippen LogP contribution in [0.15, 0.2) is 97.2 Å². The van der Waals surface area contributed by atoms with Crippen molar-refractivity contribution in [2.45, 2.75) is 258 Å². The van der Waals surface area contributed by atoms with Crippen molar-refractivity contribution in [2.24, 2.45) is 0 Å². The van der Waals surface area contributed by atoms with Gasteiger partial charge in [-0.1, -0.05) is 214 Å². The zero-order valence-electron chi connectivity index (χ0n) is 43.6. The molecule has 0 saturated carbocycles. The summed E-state index contributed by atoms with van der Waals surface area (Å²) in [6.07, 6.45) is 72.5. The van der Waals surface area contributed by atoms with Crippen molar-refractivity contribution in [1.29, 1.82) is 0 Å². The van der Waals surface area contributed by atoms with E-state index in [1.807, 2.05) is 0 Å². The van der Waals surface area contributed by atoms with Gasteiger partial charge in [0.2, 0.25) is 0 Å². The average molecular weight is 931 g/mol. The van der Waals surface area contributed by atoms with Crippen LogP contribution in [0.1, 0.15) is 252 Å². The van der Waals surface area contributed by atoms with Crippen molar-refractivity contribution in [1.82, 2.24) is 0 Å². The summed E-state index contributed by atoms with van der Waals surface area (Å²) in [7, 11) is 0. The van der Waals surface area contributed by atoms with Crippen LogP contribution >= 0.6 is 0 Å². The first-order valence-corrected chi connectivity index (χ1v) is 27.7. The second-order valence-electron chi connectivity index (χ2n) is 18.1. The normalized spacial score (nSPS) is 12.8. The molecule has 0 rings (SSSR count). The Morgan fingerprint density at radius 2 is 0.597 bits per heavy atom. The van der Waals surface area contributed by atoms with Crippen LogP contribution in [0.3, 0.4) is 0 Å². The lowest BCUT2D eigenvalue weighted by Gasteiger charge is -2.18. The summed E-state index contributed by atoms with van der Waals surface area (Å²) in [5.74, 6) is -0.982. The van der Waals surface area contributed by atoms with E-state index in [-0.39, 0.29) is 37.5 Å². The van der Waals surface area contributed by atoms with Crippen molar-refractivity contribution in [2.75, 3.05) is 13.2 Å². The highest BCUT2D eigenvalue weighted by atomic mass is 16.6. The van der Waals surface area contributed by atoms with Crippen molar-refractivity contribution in [3.05, 3.63) is 97.2 Å². The average Bonchev–Trinajstić information content (AvgIpc) is 3.33. The van der Waals surface area contributed by atoms with Crippen LogP contribution in [0.4, 0.5) is 0 Å². The molecule has 1 atom stereocenters. The number of carbonyl (C=O) groups excluding carboxylic acids is 3. The van der Waals surface area contributed by atoms with Gasteiger partial charge < -0.3 is 14.2 Å². The molecule has 382 valence electrons. The Kier molecular flexibility index (Phi) is 51.9. The minimum atomic E-state index is -0.810. The van der Waals surface area contributed by atoms with Gasteiger partial charge >= 0.3 is 17.9 Å². The third-order valence-corrected chi connectivity index (χ3v) is 11.5. The molecular weight excluding hydrogens is 829 g/mol. The van der Waals surface area contributed by atoms with Crippen LogP contribution in [0, 0.1) is 0 Å². The standard InChI is InChI=1S/C61H102O6/c1-4-7-10-13-16-19-22-25-28-30-33-35-38-41-44-47-50-53-59(62)65-56-58(67-61(64)55-52-49-46-43-40-37-32-27-24-21-18-15-12-9-6-3)57-66-60(63)54-51-48-45-42-39-36-34-31-29-26-23-20-17-14-11-8-5-2/h7,10,16,18-19,21,25-29,32-33,35,41,44,58H,4-6,8-9,11-15,17,20,22-24,30-31,34,36-40,42-43,45-57H2,1-3H3/b10-7-,19-16-,21-18-,28-25-,29-26-,32-27-,35-33-,44-41-/t58-/m1/s1. The monoisotopic (exact) mass is 931 g/mol. The molecule has 0 aromatic rings. The van der Waals surface area contributed by atoms with E-state index < -0.39 is 6.10 Å². The van der Waals surface area contributed by atoms with E-state index in [4.69, 9.17) is 14.2 Å². The lowest BCUT2D eigenvalue weighted by molar-refractivity contribution is -0.167. The Labute approximate surface area is 413 Å². The molecule has 0 heterocycles. The lowest BCUT2D eigenvalue weighted by Crippen LogP contribution is -2.30. The lowest BCUT2D eigenvalue weighted by atomic mass is 10.1. The fourth-order valence-electron chi connectivity index (χ4n) is 7.38.